The Morgan fingerprint density at radius 2 is 2.00 bits per heavy atom. The van der Waals surface area contributed by atoms with Crippen LogP contribution >= 0.6 is 11.8 Å². The normalized spacial score (nSPS) is 10.1. The Morgan fingerprint density at radius 3 is 2.55 bits per heavy atom. The number of non-ortho nitro benzene ring substituents is 1. The van der Waals surface area contributed by atoms with Crippen molar-refractivity contribution < 1.29 is 9.66 Å². The summed E-state index contributed by atoms with van der Waals surface area (Å²) >= 11 is 1.35. The summed E-state index contributed by atoms with van der Waals surface area (Å²) in [4.78, 5) is 19.2. The highest BCUT2D eigenvalue weighted by molar-refractivity contribution is 7.99. The number of nitrogens with zero attached hydrogens (tertiary/aromatic N) is 3. The van der Waals surface area contributed by atoms with E-state index >= 15 is 0 Å². The second kappa shape index (κ2) is 6.20. The fraction of sp³-hybridized carbons (Fsp3) is 0.167. The number of ether oxygens (including phenoxy) is 1. The number of nitrogens with one attached hydrogen (secondary N) is 1. The maximum Gasteiger partial charge on any atom is 0.269 e. The van der Waals surface area contributed by atoms with E-state index in [-0.39, 0.29) is 5.69 Å². The molecule has 8 heteroatoms. The molecule has 0 amide bonds. The maximum absolute atomic E-state index is 10.6. The Kier molecular flexibility index (Phi) is 4.36. The lowest BCUT2D eigenvalue weighted by Gasteiger charge is -2.10. The summed E-state index contributed by atoms with van der Waals surface area (Å²) in [6.45, 7) is 0. The monoisotopic (exact) mass is 292 g/mol. The lowest BCUT2D eigenvalue weighted by molar-refractivity contribution is -0.384. The first-order valence-electron chi connectivity index (χ1n) is 5.64. The van der Waals surface area contributed by atoms with Gasteiger partial charge in [0.25, 0.3) is 5.69 Å². The molecular weight excluding hydrogens is 280 g/mol. The third-order valence-corrected chi connectivity index (χ3v) is 3.47. The summed E-state index contributed by atoms with van der Waals surface area (Å²) in [6, 6.07) is 6.25. The molecule has 0 fully saturated rings. The average molecular weight is 292 g/mol. The summed E-state index contributed by atoms with van der Waals surface area (Å²) < 4.78 is 5.28. The first kappa shape index (κ1) is 14.1. The average Bonchev–Trinajstić information content (AvgIpc) is 2.47. The molecule has 0 aliphatic heterocycles. The molecule has 1 aromatic carbocycles. The van der Waals surface area contributed by atoms with Crippen LogP contribution in [0.25, 0.3) is 0 Å². The summed E-state index contributed by atoms with van der Waals surface area (Å²) in [5.74, 6) is 1.13. The van der Waals surface area contributed by atoms with Gasteiger partial charge in [-0.05, 0) is 12.1 Å². The molecule has 0 atom stereocenters. The van der Waals surface area contributed by atoms with E-state index in [9.17, 15) is 10.1 Å². The lowest BCUT2D eigenvalue weighted by atomic mass is 10.3. The van der Waals surface area contributed by atoms with Gasteiger partial charge in [0.15, 0.2) is 11.6 Å². The first-order chi connectivity index (χ1) is 9.65. The molecular formula is C12H12N4O3S. The Morgan fingerprint density at radius 1 is 1.30 bits per heavy atom. The number of nitro benzene ring substituents is 1. The molecule has 20 heavy (non-hydrogen) atoms. The quantitative estimate of drug-likeness (QED) is 0.514. The molecule has 7 nitrogen and oxygen atoms in total. The van der Waals surface area contributed by atoms with Gasteiger partial charge in [0.2, 0.25) is 0 Å². The summed E-state index contributed by atoms with van der Waals surface area (Å²) in [6.07, 6.45) is 1.43. The van der Waals surface area contributed by atoms with Gasteiger partial charge in [0, 0.05) is 24.1 Å². The van der Waals surface area contributed by atoms with Gasteiger partial charge in [-0.1, -0.05) is 11.8 Å². The number of aromatic nitrogens is 2. The minimum Gasteiger partial charge on any atom is -0.490 e. The van der Waals surface area contributed by atoms with Crippen LogP contribution in [0, 0.1) is 10.1 Å². The molecule has 1 aromatic heterocycles. The van der Waals surface area contributed by atoms with Crippen LogP contribution < -0.4 is 10.1 Å². The smallest absolute Gasteiger partial charge is 0.269 e. The standard InChI is InChI=1S/C12H12N4O3S/c1-13-11-10(19-2)12(15-7-14-11)20-9-5-3-8(4-6-9)16(17)18/h3-7H,1-2H3,(H,13,14,15). The highest BCUT2D eigenvalue weighted by Gasteiger charge is 2.13. The Labute approximate surface area is 119 Å². The molecule has 0 aliphatic carbocycles. The predicted molar refractivity (Wildman–Crippen MR) is 75.4 cm³/mol. The van der Waals surface area contributed by atoms with Gasteiger partial charge in [0.1, 0.15) is 11.4 Å². The molecule has 104 valence electrons. The zero-order valence-electron chi connectivity index (χ0n) is 10.9. The van der Waals surface area contributed by atoms with Crippen molar-refractivity contribution in [3.63, 3.8) is 0 Å². The van der Waals surface area contributed by atoms with Crippen LogP contribution in [-0.4, -0.2) is 29.0 Å². The van der Waals surface area contributed by atoms with Crippen molar-refractivity contribution in [3.05, 3.63) is 40.7 Å². The van der Waals surface area contributed by atoms with Crippen molar-refractivity contribution in [2.45, 2.75) is 9.92 Å². The number of rotatable bonds is 5. The molecule has 0 spiro atoms. The van der Waals surface area contributed by atoms with Crippen LogP contribution in [0.4, 0.5) is 11.5 Å². The molecule has 0 radical (unpaired) electrons. The van der Waals surface area contributed by atoms with Gasteiger partial charge in [-0.3, -0.25) is 10.1 Å². The maximum atomic E-state index is 10.6. The highest BCUT2D eigenvalue weighted by Crippen LogP contribution is 2.36. The predicted octanol–water partition coefficient (Wildman–Crippen LogP) is 2.59. The van der Waals surface area contributed by atoms with E-state index in [1.807, 2.05) is 0 Å². The van der Waals surface area contributed by atoms with Crippen LogP contribution in [0.2, 0.25) is 0 Å². The molecule has 0 bridgehead atoms. The van der Waals surface area contributed by atoms with Gasteiger partial charge >= 0.3 is 0 Å². The molecule has 0 saturated carbocycles. The largest absolute Gasteiger partial charge is 0.490 e. The van der Waals surface area contributed by atoms with Crippen LogP contribution in [0.15, 0.2) is 40.5 Å². The molecule has 1 heterocycles. The van der Waals surface area contributed by atoms with E-state index < -0.39 is 4.92 Å². The third-order valence-electron chi connectivity index (χ3n) is 2.47. The number of methoxy groups -OCH3 is 1. The van der Waals surface area contributed by atoms with E-state index in [0.717, 1.165) is 4.90 Å². The van der Waals surface area contributed by atoms with Gasteiger partial charge in [0.05, 0.1) is 12.0 Å². The van der Waals surface area contributed by atoms with Crippen LogP contribution in [0.3, 0.4) is 0 Å². The van der Waals surface area contributed by atoms with E-state index in [1.54, 1.807) is 26.3 Å². The third kappa shape index (κ3) is 2.97. The first-order valence-corrected chi connectivity index (χ1v) is 6.46. The number of benzene rings is 1. The fourth-order valence-electron chi connectivity index (χ4n) is 1.54. The topological polar surface area (TPSA) is 90.2 Å². The second-order valence-corrected chi connectivity index (χ2v) is 4.73. The second-order valence-electron chi connectivity index (χ2n) is 3.66. The zero-order valence-corrected chi connectivity index (χ0v) is 11.7. The van der Waals surface area contributed by atoms with E-state index in [4.69, 9.17) is 4.74 Å². The fourth-order valence-corrected chi connectivity index (χ4v) is 2.41. The highest BCUT2D eigenvalue weighted by atomic mass is 32.2. The molecule has 2 aromatic rings. The van der Waals surface area contributed by atoms with E-state index in [2.05, 4.69) is 15.3 Å². The lowest BCUT2D eigenvalue weighted by Crippen LogP contribution is -1.99. The van der Waals surface area contributed by atoms with Crippen molar-refractivity contribution in [2.75, 3.05) is 19.5 Å². The van der Waals surface area contributed by atoms with Crippen molar-refractivity contribution in [1.82, 2.24) is 9.97 Å². The molecule has 1 N–H and O–H groups in total. The van der Waals surface area contributed by atoms with E-state index in [1.165, 1.54) is 30.2 Å². The van der Waals surface area contributed by atoms with Crippen molar-refractivity contribution in [1.29, 1.82) is 0 Å². The molecule has 0 unspecified atom stereocenters. The summed E-state index contributed by atoms with van der Waals surface area (Å²) in [5, 5.41) is 14.2. The van der Waals surface area contributed by atoms with Crippen LogP contribution in [-0.2, 0) is 0 Å². The minimum atomic E-state index is -0.432. The molecule has 0 saturated heterocycles. The van der Waals surface area contributed by atoms with Crippen LogP contribution in [0.1, 0.15) is 0 Å². The summed E-state index contributed by atoms with van der Waals surface area (Å²) in [5.41, 5.74) is 0.0555. The Bertz CT molecular complexity index is 619. The van der Waals surface area contributed by atoms with Gasteiger partial charge in [-0.25, -0.2) is 9.97 Å². The van der Waals surface area contributed by atoms with Crippen LogP contribution in [0.5, 0.6) is 5.75 Å². The SMILES string of the molecule is CNc1ncnc(Sc2ccc([N+](=O)[O-])cc2)c1OC. The van der Waals surface area contributed by atoms with E-state index in [0.29, 0.717) is 16.6 Å². The summed E-state index contributed by atoms with van der Waals surface area (Å²) in [7, 11) is 3.28. The van der Waals surface area contributed by atoms with Gasteiger partial charge < -0.3 is 10.1 Å². The number of anilines is 1. The molecule has 2 rings (SSSR count). The Hall–Kier alpha value is -2.35. The molecule has 0 aliphatic rings. The zero-order chi connectivity index (χ0) is 14.5. The van der Waals surface area contributed by atoms with Crippen molar-refractivity contribution >= 4 is 23.3 Å². The minimum absolute atomic E-state index is 0.0555. The van der Waals surface area contributed by atoms with Gasteiger partial charge in [-0.2, -0.15) is 0 Å². The number of hydrogen-bond acceptors (Lipinski definition) is 7. The van der Waals surface area contributed by atoms with Crippen molar-refractivity contribution in [2.24, 2.45) is 0 Å². The Balaban J connectivity index is 2.27. The number of hydrogen-bond donors (Lipinski definition) is 1. The van der Waals surface area contributed by atoms with Gasteiger partial charge in [-0.15, -0.1) is 0 Å². The van der Waals surface area contributed by atoms with Crippen molar-refractivity contribution in [3.8, 4) is 5.75 Å². The number of nitro groups is 1.